The summed E-state index contributed by atoms with van der Waals surface area (Å²) >= 11 is 3.50. The SMILES string of the molecule is C/C(=C/C[C@H](O[Si](C)(C)C(C)(C)C)/C(C)=C/c1csc(C)n1)C/C=C\[C@H](C)[C@H](O[Si](C)(C)C(C)(C)C)[C@@H](C)SC(C)(C)C(CC(=O)O)O[Si](C)(C)C(C)(C)C. The van der Waals surface area contributed by atoms with Gasteiger partial charge in [0, 0.05) is 21.3 Å². The molecule has 0 amide bonds. The van der Waals surface area contributed by atoms with Gasteiger partial charge in [-0.1, -0.05) is 100.0 Å². The molecule has 11 heteroatoms. The number of thioether (sulfide) groups is 1. The first-order valence-corrected chi connectivity index (χ1v) is 30.9. The van der Waals surface area contributed by atoms with Crippen LogP contribution in [0.25, 0.3) is 6.08 Å². The molecule has 0 saturated carbocycles. The van der Waals surface area contributed by atoms with Crippen LogP contribution in [0.2, 0.25) is 54.4 Å². The number of hydrogen-bond acceptors (Lipinski definition) is 7. The van der Waals surface area contributed by atoms with Gasteiger partial charge in [-0.3, -0.25) is 4.79 Å². The number of aromatic nitrogens is 1. The van der Waals surface area contributed by atoms with Crippen molar-refractivity contribution < 1.29 is 23.2 Å². The lowest BCUT2D eigenvalue weighted by Gasteiger charge is -2.46. The summed E-state index contributed by atoms with van der Waals surface area (Å²) in [6, 6.07) is 0. The van der Waals surface area contributed by atoms with Crippen molar-refractivity contribution in [1.29, 1.82) is 0 Å². The second-order valence-corrected chi connectivity index (χ2v) is 38.4. The molecule has 0 aliphatic heterocycles. The van der Waals surface area contributed by atoms with Crippen molar-refractivity contribution in [3.05, 3.63) is 45.5 Å². The lowest BCUT2D eigenvalue weighted by atomic mass is 10.00. The molecule has 1 aromatic heterocycles. The third-order valence-electron chi connectivity index (χ3n) is 12.4. The van der Waals surface area contributed by atoms with E-state index in [9.17, 15) is 9.90 Å². The highest BCUT2D eigenvalue weighted by Gasteiger charge is 2.46. The predicted molar refractivity (Wildman–Crippen MR) is 251 cm³/mol. The van der Waals surface area contributed by atoms with Crippen LogP contribution < -0.4 is 0 Å². The predicted octanol–water partition coefficient (Wildman–Crippen LogP) is 14.3. The summed E-state index contributed by atoms with van der Waals surface area (Å²) in [5, 5.41) is 13.4. The van der Waals surface area contributed by atoms with E-state index in [0.29, 0.717) is 0 Å². The van der Waals surface area contributed by atoms with E-state index in [-0.39, 0.29) is 44.9 Å². The number of aryl methyl sites for hydroxylation is 1. The molecular weight excluding hydrogens is 771 g/mol. The Hall–Kier alpha value is -0.799. The quantitative estimate of drug-likeness (QED) is 0.103. The molecule has 0 bridgehead atoms. The van der Waals surface area contributed by atoms with Gasteiger partial charge in [0.05, 0.1) is 35.4 Å². The van der Waals surface area contributed by atoms with Crippen LogP contribution in [-0.4, -0.2) is 69.3 Å². The van der Waals surface area contributed by atoms with E-state index >= 15 is 0 Å². The molecule has 1 heterocycles. The van der Waals surface area contributed by atoms with Crippen molar-refractivity contribution in [3.63, 3.8) is 0 Å². The van der Waals surface area contributed by atoms with Gasteiger partial charge in [0.15, 0.2) is 25.0 Å². The zero-order valence-corrected chi connectivity index (χ0v) is 43.9. The minimum absolute atomic E-state index is 0.00470. The first-order chi connectivity index (χ1) is 24.5. The molecule has 1 unspecified atom stereocenters. The van der Waals surface area contributed by atoms with Gasteiger partial charge in [0.25, 0.3) is 0 Å². The number of carboxylic acid groups (broad SMARTS) is 1. The maximum atomic E-state index is 12.2. The maximum absolute atomic E-state index is 12.2. The molecule has 0 saturated heterocycles. The van der Waals surface area contributed by atoms with Gasteiger partial charge in [-0.15, -0.1) is 23.1 Å². The number of carbonyl (C=O) groups is 1. The topological polar surface area (TPSA) is 77.9 Å². The molecule has 1 aromatic rings. The zero-order chi connectivity index (χ0) is 43.2. The number of nitrogens with zero attached hydrogens (tertiary/aromatic N) is 1. The monoisotopic (exact) mass is 854 g/mol. The molecule has 0 aromatic carbocycles. The summed E-state index contributed by atoms with van der Waals surface area (Å²) in [5.74, 6) is -0.668. The number of hydrogen-bond donors (Lipinski definition) is 1. The second kappa shape index (κ2) is 20.0. The van der Waals surface area contributed by atoms with E-state index in [2.05, 4.69) is 173 Å². The molecular formula is C44H83NO5S2Si3. The smallest absolute Gasteiger partial charge is 0.305 e. The fraction of sp³-hybridized carbons (Fsp3) is 0.773. The van der Waals surface area contributed by atoms with E-state index in [1.165, 1.54) is 11.1 Å². The highest BCUT2D eigenvalue weighted by atomic mass is 32.2. The summed E-state index contributed by atoms with van der Waals surface area (Å²) < 4.78 is 20.7. The minimum atomic E-state index is -2.22. The van der Waals surface area contributed by atoms with Crippen LogP contribution in [-0.2, 0) is 18.1 Å². The van der Waals surface area contributed by atoms with Crippen LogP contribution in [0.3, 0.4) is 0 Å². The second-order valence-electron chi connectivity index (χ2n) is 21.1. The van der Waals surface area contributed by atoms with Gasteiger partial charge >= 0.3 is 5.97 Å². The Balaban J connectivity index is 3.39. The third-order valence-corrected chi connectivity index (χ3v) is 28.2. The van der Waals surface area contributed by atoms with E-state index in [1.807, 2.05) is 18.7 Å². The molecule has 318 valence electrons. The van der Waals surface area contributed by atoms with Gasteiger partial charge < -0.3 is 18.4 Å². The maximum Gasteiger partial charge on any atom is 0.305 e. The van der Waals surface area contributed by atoms with Crippen LogP contribution in [0.4, 0.5) is 0 Å². The van der Waals surface area contributed by atoms with Crippen LogP contribution >= 0.6 is 23.1 Å². The van der Waals surface area contributed by atoms with Gasteiger partial charge in [0.2, 0.25) is 0 Å². The van der Waals surface area contributed by atoms with E-state index < -0.39 is 41.8 Å². The van der Waals surface area contributed by atoms with Crippen molar-refractivity contribution >= 4 is 60.1 Å². The highest BCUT2D eigenvalue weighted by molar-refractivity contribution is 8.01. The number of rotatable bonds is 20. The van der Waals surface area contributed by atoms with Crippen molar-refractivity contribution in [2.24, 2.45) is 5.92 Å². The fourth-order valence-corrected chi connectivity index (χ4v) is 12.2. The third kappa shape index (κ3) is 16.4. The van der Waals surface area contributed by atoms with Crippen molar-refractivity contribution in [2.75, 3.05) is 0 Å². The van der Waals surface area contributed by atoms with Crippen LogP contribution in [0.5, 0.6) is 0 Å². The van der Waals surface area contributed by atoms with Crippen molar-refractivity contribution in [3.8, 4) is 0 Å². The number of allylic oxidation sites excluding steroid dienone is 2. The fourth-order valence-electron chi connectivity index (χ4n) is 5.49. The van der Waals surface area contributed by atoms with Crippen molar-refractivity contribution in [2.45, 2.75) is 213 Å². The van der Waals surface area contributed by atoms with Crippen LogP contribution in [0.1, 0.15) is 134 Å². The van der Waals surface area contributed by atoms with Gasteiger partial charge in [-0.05, 0) is 114 Å². The summed E-state index contributed by atoms with van der Waals surface area (Å²) in [5.41, 5.74) is 3.53. The Morgan fingerprint density at radius 2 is 1.35 bits per heavy atom. The summed E-state index contributed by atoms with van der Waals surface area (Å²) in [7, 11) is -6.38. The zero-order valence-electron chi connectivity index (χ0n) is 39.2. The average molecular weight is 855 g/mol. The normalized spacial score (nSPS) is 17.7. The Kier molecular flexibility index (Phi) is 19.0. The van der Waals surface area contributed by atoms with Crippen LogP contribution in [0.15, 0.2) is 34.8 Å². The Morgan fingerprint density at radius 1 is 0.855 bits per heavy atom. The molecule has 0 aliphatic carbocycles. The first-order valence-electron chi connectivity index (χ1n) is 20.4. The Morgan fingerprint density at radius 3 is 1.80 bits per heavy atom. The lowest BCUT2D eigenvalue weighted by Crippen LogP contribution is -2.52. The lowest BCUT2D eigenvalue weighted by molar-refractivity contribution is -0.139. The van der Waals surface area contributed by atoms with E-state index in [1.54, 1.807) is 11.3 Å². The molecule has 6 nitrogen and oxygen atoms in total. The highest BCUT2D eigenvalue weighted by Crippen LogP contribution is 2.46. The number of aliphatic carboxylic acids is 1. The Labute approximate surface area is 350 Å². The summed E-state index contributed by atoms with van der Waals surface area (Å²) in [4.78, 5) is 16.9. The summed E-state index contributed by atoms with van der Waals surface area (Å²) in [6.07, 6.45) is 10.4. The molecule has 0 radical (unpaired) electrons. The minimum Gasteiger partial charge on any atom is -0.481 e. The van der Waals surface area contributed by atoms with E-state index in [4.69, 9.17) is 18.3 Å². The molecule has 55 heavy (non-hydrogen) atoms. The molecule has 0 spiro atoms. The first kappa shape index (κ1) is 52.2. The van der Waals surface area contributed by atoms with Crippen LogP contribution in [0, 0.1) is 12.8 Å². The molecule has 1 rings (SSSR count). The van der Waals surface area contributed by atoms with Gasteiger partial charge in [-0.2, -0.15) is 0 Å². The standard InChI is InChI=1S/C44H83NO5S2Si3/c1-31(26-27-37(48-53(17,18)41(6,7)8)33(3)28-36-30-51-35(5)45-36)24-23-25-32(2)40(50-55(21,22)43(12,13)14)34(4)52-44(15,16)38(29-39(46)47)49-54(19,20)42(9,10)11/h23,25-26,28,30,32,34,37-38,40H,24,27,29H2,1-22H3,(H,46,47)/b25-23-,31-26-,33-28+/t32-,34+,37-,38?,40-/m0/s1. The van der Waals surface area contributed by atoms with Gasteiger partial charge in [-0.25, -0.2) is 4.98 Å². The largest absolute Gasteiger partial charge is 0.481 e. The van der Waals surface area contributed by atoms with Gasteiger partial charge in [0.1, 0.15) is 0 Å². The Bertz CT molecular complexity index is 1470. The molecule has 1 N–H and O–H groups in total. The molecule has 0 fully saturated rings. The summed E-state index contributed by atoms with van der Waals surface area (Å²) in [6.45, 7) is 49.4. The molecule has 5 atom stereocenters. The number of carboxylic acids is 1. The molecule has 0 aliphatic rings. The average Bonchev–Trinajstić information content (AvgIpc) is 3.39. The van der Waals surface area contributed by atoms with E-state index in [0.717, 1.165) is 23.5 Å². The number of thiazole rings is 1. The van der Waals surface area contributed by atoms with Crippen molar-refractivity contribution in [1.82, 2.24) is 4.98 Å².